The first-order valence-electron chi connectivity index (χ1n) is 30.1. The van der Waals surface area contributed by atoms with Crippen LogP contribution in [0.1, 0.15) is 118 Å². The van der Waals surface area contributed by atoms with E-state index >= 15 is 14.0 Å². The van der Waals surface area contributed by atoms with Gasteiger partial charge in [0.25, 0.3) is 5.91 Å². The number of para-hydroxylation sites is 1. The number of amides is 6. The highest BCUT2D eigenvalue weighted by molar-refractivity contribution is 7.57. The van der Waals surface area contributed by atoms with Crippen LogP contribution in [0.25, 0.3) is 21.1 Å². The molecule has 88 heavy (non-hydrogen) atoms. The summed E-state index contributed by atoms with van der Waals surface area (Å²) in [6, 6.07) is 25.1. The second-order valence-electron chi connectivity index (χ2n) is 24.2. The molecule has 3 N–H and O–H groups in total. The number of likely N-dealkylation sites (tertiary alicyclic amines) is 2. The van der Waals surface area contributed by atoms with Gasteiger partial charge in [0.1, 0.15) is 42.6 Å². The summed E-state index contributed by atoms with van der Waals surface area (Å²) in [5.74, 6) is -5.23. The van der Waals surface area contributed by atoms with Crippen LogP contribution in [-0.2, 0) is 61.0 Å². The van der Waals surface area contributed by atoms with Crippen molar-refractivity contribution in [1.29, 1.82) is 0 Å². The Labute approximate surface area is 513 Å². The van der Waals surface area contributed by atoms with Crippen molar-refractivity contribution in [1.82, 2.24) is 39.6 Å². The van der Waals surface area contributed by atoms with Crippen molar-refractivity contribution in [2.24, 2.45) is 18.4 Å². The summed E-state index contributed by atoms with van der Waals surface area (Å²) in [6.45, 7) is 10.2. The predicted octanol–water partition coefficient (Wildman–Crippen LogP) is 7.92. The molecule has 2 aromatic heterocycles. The van der Waals surface area contributed by atoms with Crippen LogP contribution >= 0.6 is 18.9 Å². The minimum Gasteiger partial charge on any atom is -0.465 e. The van der Waals surface area contributed by atoms with Gasteiger partial charge in [0.15, 0.2) is 0 Å². The van der Waals surface area contributed by atoms with Gasteiger partial charge in [-0.1, -0.05) is 88.4 Å². The molecule has 0 aliphatic carbocycles. The number of imide groups is 1. The summed E-state index contributed by atoms with van der Waals surface area (Å²) >= 11 is 1.11. The average Bonchev–Trinajstić information content (AvgIpc) is 2.18. The summed E-state index contributed by atoms with van der Waals surface area (Å²) < 4.78 is 58.6. The first-order chi connectivity index (χ1) is 42.1. The number of hydrogen-bond donors (Lipinski definition) is 3. The molecule has 0 saturated carbocycles. The lowest BCUT2D eigenvalue weighted by molar-refractivity contribution is -0.156. The number of carbonyl (C=O) groups is 7. The first kappa shape index (κ1) is 63.5. The number of halogens is 1. The number of thiophene rings is 1. The first-order valence-corrected chi connectivity index (χ1v) is 32.6. The van der Waals surface area contributed by atoms with Crippen LogP contribution in [0.15, 0.2) is 108 Å². The van der Waals surface area contributed by atoms with Gasteiger partial charge in [-0.3, -0.25) is 52.6 Å². The van der Waals surface area contributed by atoms with Gasteiger partial charge in [-0.15, -0.1) is 11.3 Å². The fourth-order valence-corrected chi connectivity index (χ4v) is 15.0. The van der Waals surface area contributed by atoms with Gasteiger partial charge in [0.05, 0.1) is 41.8 Å². The second kappa shape index (κ2) is 27.0. The SMILES string of the molecule is CCCOC(=O)[C@H](C)N[P@@](=O)(Oc1ccccc1)[C@H](F)c1ccc2sc(C(=O)N[C@H](C(=O)N3CC[C@@H](OCC(=O)N4CCC(Cc5ccc6c(c5)n(C)c(=O)n6C5CCC(=O)NC5=O)CC4)[C@H]3C(=O)N3CCO[C@H](c4ccccc4)C3)C(C)(C)C)cc2c1. The number of nitrogens with zero attached hydrogens (tertiary/aromatic N) is 5. The molecule has 4 aromatic carbocycles. The van der Waals surface area contributed by atoms with Crippen molar-refractivity contribution in [2.45, 2.75) is 122 Å². The van der Waals surface area contributed by atoms with Crippen molar-refractivity contribution >= 4 is 81.4 Å². The Bertz CT molecular complexity index is 3690. The highest BCUT2D eigenvalue weighted by Gasteiger charge is 2.49. The predicted molar refractivity (Wildman–Crippen MR) is 328 cm³/mol. The van der Waals surface area contributed by atoms with Gasteiger partial charge in [-0.2, -0.15) is 0 Å². The molecule has 10 rings (SSSR count). The molecule has 24 heteroatoms. The van der Waals surface area contributed by atoms with Gasteiger partial charge < -0.3 is 38.8 Å². The van der Waals surface area contributed by atoms with Crippen LogP contribution < -0.4 is 25.9 Å². The number of benzene rings is 4. The molecular formula is C64H76FN8O13PS. The van der Waals surface area contributed by atoms with Gasteiger partial charge in [-0.05, 0) is 121 Å². The maximum Gasteiger partial charge on any atom is 0.355 e. The molecule has 21 nitrogen and oxygen atoms in total. The number of ether oxygens (including phenoxy) is 3. The lowest BCUT2D eigenvalue weighted by Gasteiger charge is -2.39. The molecule has 4 saturated heterocycles. The largest absolute Gasteiger partial charge is 0.465 e. The van der Waals surface area contributed by atoms with E-state index in [1.54, 1.807) is 47.2 Å². The Hall–Kier alpha value is -7.56. The van der Waals surface area contributed by atoms with Crippen LogP contribution in [0.5, 0.6) is 5.75 Å². The lowest BCUT2D eigenvalue weighted by Crippen LogP contribution is -2.60. The van der Waals surface area contributed by atoms with E-state index in [-0.39, 0.29) is 104 Å². The number of fused-ring (bicyclic) bond motifs is 2. The van der Waals surface area contributed by atoms with Crippen LogP contribution in [0.2, 0.25) is 0 Å². The zero-order chi connectivity index (χ0) is 62.6. The lowest BCUT2D eigenvalue weighted by atomic mass is 9.85. The number of aromatic nitrogens is 2. The third-order valence-electron chi connectivity index (χ3n) is 16.9. The van der Waals surface area contributed by atoms with Crippen molar-refractivity contribution < 1.29 is 61.3 Å². The number of esters is 1. The normalized spacial score (nSPS) is 21.1. The Morgan fingerprint density at radius 1 is 0.864 bits per heavy atom. The molecular weight excluding hydrogens is 1170 g/mol. The zero-order valence-corrected chi connectivity index (χ0v) is 52.0. The maximum atomic E-state index is 16.9. The number of piperidine rings is 2. The number of nitrogens with one attached hydrogen (secondary N) is 3. The van der Waals surface area contributed by atoms with E-state index in [9.17, 15) is 33.3 Å². The highest BCUT2D eigenvalue weighted by Crippen LogP contribution is 2.58. The molecule has 468 valence electrons. The molecule has 6 heterocycles. The molecule has 0 spiro atoms. The smallest absolute Gasteiger partial charge is 0.355 e. The van der Waals surface area contributed by atoms with Crippen molar-refractivity contribution in [3.05, 3.63) is 135 Å². The van der Waals surface area contributed by atoms with Crippen molar-refractivity contribution in [2.75, 3.05) is 52.5 Å². The van der Waals surface area contributed by atoms with E-state index in [1.165, 1.54) is 45.2 Å². The molecule has 4 fully saturated rings. The number of rotatable bonds is 20. The van der Waals surface area contributed by atoms with Gasteiger partial charge in [-0.25, -0.2) is 14.3 Å². The van der Waals surface area contributed by atoms with E-state index in [1.807, 2.05) is 76.2 Å². The fourth-order valence-electron chi connectivity index (χ4n) is 12.1. The van der Waals surface area contributed by atoms with Gasteiger partial charge >= 0.3 is 19.2 Å². The number of hydrogen-bond acceptors (Lipinski definition) is 14. The second-order valence-corrected chi connectivity index (χ2v) is 27.4. The summed E-state index contributed by atoms with van der Waals surface area (Å²) in [6.07, 6.45) is 1.98. The Balaban J connectivity index is 0.822. The van der Waals surface area contributed by atoms with Crippen LogP contribution in [0.3, 0.4) is 0 Å². The number of alkyl halides is 1. The molecule has 0 bridgehead atoms. The zero-order valence-electron chi connectivity index (χ0n) is 50.3. The summed E-state index contributed by atoms with van der Waals surface area (Å²) in [7, 11) is -2.88. The summed E-state index contributed by atoms with van der Waals surface area (Å²) in [4.78, 5) is 115. The van der Waals surface area contributed by atoms with E-state index in [0.29, 0.717) is 59.9 Å². The molecule has 6 aromatic rings. The minimum atomic E-state index is -4.55. The molecule has 1 unspecified atom stereocenters. The number of morpholine rings is 1. The third kappa shape index (κ3) is 14.0. The van der Waals surface area contributed by atoms with Gasteiger partial charge in [0.2, 0.25) is 35.4 Å². The standard InChI is InChI=1S/C64H76FN8O13PS/c1-7-31-84-62(80)39(2)68-87(82,86-45-16-12-9-13-17-45)57(65)43-19-22-51-44(35-43)36-52(88-51)59(77)67-56(64(3,4)5)61(79)72-29-26-49(55(72)60(78)71-30-32-83-50(37-71)42-14-10-8-11-15-42)85-38-54(75)70-27-24-40(25-28-70)33-41-18-20-46-48(34-41)69(6)63(81)73(46)47-21-23-53(74)66-58(47)76/h8-20,22,34-36,39-40,47,49-50,55-57H,7,21,23-33,37-38H2,1-6H3,(H,67,77)(H,68,82)(H,66,74,76)/t39-,47?,49+,50-,55-,56+,57-,87-/m0/s1. The van der Waals surface area contributed by atoms with E-state index in [4.69, 9.17) is 18.7 Å². The monoisotopic (exact) mass is 1250 g/mol. The van der Waals surface area contributed by atoms with Gasteiger partial charge in [0, 0.05) is 44.3 Å². The minimum absolute atomic E-state index is 0.0370. The Morgan fingerprint density at radius 3 is 2.30 bits per heavy atom. The van der Waals surface area contributed by atoms with E-state index in [0.717, 1.165) is 22.5 Å². The quantitative estimate of drug-likeness (QED) is 0.0374. The summed E-state index contributed by atoms with van der Waals surface area (Å²) in [5.41, 5.74) is 1.91. The third-order valence-corrected chi connectivity index (χ3v) is 20.1. The van der Waals surface area contributed by atoms with E-state index < -0.39 is 78.9 Å². The molecule has 6 amide bonds. The molecule has 8 atom stereocenters. The van der Waals surface area contributed by atoms with Crippen LogP contribution in [-0.4, -0.2) is 142 Å². The number of aryl methyl sites for hydroxylation is 1. The average molecular weight is 1250 g/mol. The number of imidazole rings is 1. The summed E-state index contributed by atoms with van der Waals surface area (Å²) in [5, 5.41) is 8.36. The van der Waals surface area contributed by atoms with E-state index in [2.05, 4.69) is 15.7 Å². The topological polar surface area (TPSA) is 246 Å². The number of carbonyl (C=O) groups excluding carboxylic acids is 7. The van der Waals surface area contributed by atoms with Crippen LogP contribution in [0.4, 0.5) is 4.39 Å². The molecule has 4 aliphatic heterocycles. The maximum absolute atomic E-state index is 16.9. The van der Waals surface area contributed by atoms with Crippen molar-refractivity contribution in [3.63, 3.8) is 0 Å². The Morgan fingerprint density at radius 2 is 1.59 bits per heavy atom. The molecule has 4 aliphatic rings. The highest BCUT2D eigenvalue weighted by atomic mass is 32.1. The van der Waals surface area contributed by atoms with Crippen molar-refractivity contribution in [3.8, 4) is 5.75 Å². The van der Waals surface area contributed by atoms with Crippen LogP contribution in [0, 0.1) is 11.3 Å². The molecule has 0 radical (unpaired) electrons. The Kier molecular flexibility index (Phi) is 19.5. The fraction of sp³-hybridized carbons (Fsp3) is 0.469.